The highest BCUT2D eigenvalue weighted by molar-refractivity contribution is 5.91. The molecule has 0 aliphatic heterocycles. The zero-order valence-corrected chi connectivity index (χ0v) is 21.7. The molecule has 1 aromatic carbocycles. The molecule has 0 radical (unpaired) electrons. The number of nitrogens with zero attached hydrogens (tertiary/aromatic N) is 1. The molecule has 3 nitrogen and oxygen atoms in total. The van der Waals surface area contributed by atoms with Crippen molar-refractivity contribution in [1.82, 2.24) is 0 Å². The number of carbonyl (C=O) groups is 1. The maximum atomic E-state index is 12.3. The van der Waals surface area contributed by atoms with Crippen LogP contribution in [0.2, 0.25) is 0 Å². The third kappa shape index (κ3) is 4.17. The minimum absolute atomic E-state index is 0.272. The zero-order chi connectivity index (χ0) is 24.3. The first kappa shape index (κ1) is 23.4. The van der Waals surface area contributed by atoms with E-state index in [2.05, 4.69) is 61.9 Å². The molecule has 5 aliphatic carbocycles. The van der Waals surface area contributed by atoms with Gasteiger partial charge in [-0.15, -0.1) is 0 Å². The Morgan fingerprint density at radius 3 is 2.49 bits per heavy atom. The molecule has 4 saturated carbocycles. The van der Waals surface area contributed by atoms with E-state index < -0.39 is 5.60 Å². The Morgan fingerprint density at radius 2 is 1.77 bits per heavy atom. The smallest absolute Gasteiger partial charge is 0.155 e. The normalized spacial score (nSPS) is 38.1. The largest absolute Gasteiger partial charge is 0.377 e. The minimum atomic E-state index is -0.813. The first-order valence-corrected chi connectivity index (χ1v) is 14.1. The molecule has 0 aromatic heterocycles. The summed E-state index contributed by atoms with van der Waals surface area (Å²) >= 11 is 0. The maximum absolute atomic E-state index is 12.3. The highest BCUT2D eigenvalue weighted by atomic mass is 16.3. The van der Waals surface area contributed by atoms with Gasteiger partial charge in [-0.25, -0.2) is 0 Å². The summed E-state index contributed by atoms with van der Waals surface area (Å²) in [6.45, 7) is 4.45. The van der Waals surface area contributed by atoms with Crippen LogP contribution in [0.5, 0.6) is 0 Å². The van der Waals surface area contributed by atoms with E-state index >= 15 is 0 Å². The van der Waals surface area contributed by atoms with Gasteiger partial charge in [-0.05, 0) is 119 Å². The number of rotatable bonds is 3. The fourth-order valence-electron chi connectivity index (χ4n) is 8.13. The predicted octanol–water partition coefficient (Wildman–Crippen LogP) is 6.12. The molecule has 0 unspecified atom stereocenters. The van der Waals surface area contributed by atoms with Gasteiger partial charge in [0, 0.05) is 37.0 Å². The number of anilines is 1. The topological polar surface area (TPSA) is 40.5 Å². The second-order valence-corrected chi connectivity index (χ2v) is 12.5. The van der Waals surface area contributed by atoms with E-state index in [0.717, 1.165) is 38.5 Å². The number of aliphatic hydroxyl groups is 1. The van der Waals surface area contributed by atoms with Gasteiger partial charge in [-0.2, -0.15) is 0 Å². The molecule has 6 rings (SSSR count). The summed E-state index contributed by atoms with van der Waals surface area (Å²) < 4.78 is 0. The molecule has 7 atom stereocenters. The molecular formula is C32H41NO2. The molecule has 0 amide bonds. The van der Waals surface area contributed by atoms with Crippen molar-refractivity contribution in [3.8, 4) is 11.8 Å². The number of fused-ring (bicyclic) bond motifs is 5. The van der Waals surface area contributed by atoms with Gasteiger partial charge in [0.05, 0.1) is 0 Å². The van der Waals surface area contributed by atoms with Crippen molar-refractivity contribution in [3.63, 3.8) is 0 Å². The number of ketones is 1. The average molecular weight is 472 g/mol. The average Bonchev–Trinajstić information content (AvgIpc) is 3.64. The second-order valence-electron chi connectivity index (χ2n) is 12.5. The summed E-state index contributed by atoms with van der Waals surface area (Å²) in [4.78, 5) is 14.6. The van der Waals surface area contributed by atoms with Crippen LogP contribution < -0.4 is 4.90 Å². The van der Waals surface area contributed by atoms with Crippen LogP contribution in [0.4, 0.5) is 5.69 Å². The van der Waals surface area contributed by atoms with Crippen molar-refractivity contribution in [3.05, 3.63) is 41.5 Å². The van der Waals surface area contributed by atoms with E-state index in [1.54, 1.807) is 0 Å². The van der Waals surface area contributed by atoms with Crippen LogP contribution in [0.15, 0.2) is 35.9 Å². The Kier molecular flexibility index (Phi) is 5.88. The molecule has 186 valence electrons. The highest BCUT2D eigenvalue weighted by Gasteiger charge is 2.58. The summed E-state index contributed by atoms with van der Waals surface area (Å²) in [5, 5.41) is 11.8. The van der Waals surface area contributed by atoms with E-state index in [1.165, 1.54) is 29.7 Å². The molecule has 4 fully saturated rings. The minimum Gasteiger partial charge on any atom is -0.377 e. The summed E-state index contributed by atoms with van der Waals surface area (Å²) in [5.74, 6) is 10.7. The maximum Gasteiger partial charge on any atom is 0.155 e. The lowest BCUT2D eigenvalue weighted by Gasteiger charge is -2.54. The molecule has 0 bridgehead atoms. The lowest BCUT2D eigenvalue weighted by Crippen LogP contribution is -2.48. The van der Waals surface area contributed by atoms with Crippen molar-refractivity contribution < 1.29 is 9.90 Å². The van der Waals surface area contributed by atoms with E-state index in [9.17, 15) is 9.90 Å². The van der Waals surface area contributed by atoms with Gasteiger partial charge in [-0.1, -0.05) is 29.5 Å². The first-order chi connectivity index (χ1) is 16.8. The van der Waals surface area contributed by atoms with Gasteiger partial charge in [0.15, 0.2) is 5.78 Å². The standard InChI is InChI=1S/C32H41NO2/c1-20(2)33(3)24-9-6-22(7-10-24)29-19-30-27(15-17-32(30,35)16-14-21-4-5-21)28-12-8-23-18-25(34)11-13-26(23)31(28)29/h6-7,9-10,18,20-21,26-31,35H,4-5,8,11-13,15,17,19H2,1-3H3/t26-,27-,28-,29+,30-,31-,32-/m0/s1. The number of hydrogen-bond donors (Lipinski definition) is 1. The molecule has 0 heterocycles. The molecule has 1 N–H and O–H groups in total. The van der Waals surface area contributed by atoms with Crippen molar-refractivity contribution in [2.75, 3.05) is 11.9 Å². The van der Waals surface area contributed by atoms with E-state index in [4.69, 9.17) is 0 Å². The Balaban J connectivity index is 1.37. The third-order valence-electron chi connectivity index (χ3n) is 10.3. The Hall–Kier alpha value is -2.05. The van der Waals surface area contributed by atoms with Crippen molar-refractivity contribution in [2.24, 2.45) is 35.5 Å². The molecule has 35 heavy (non-hydrogen) atoms. The Labute approximate surface area is 211 Å². The quantitative estimate of drug-likeness (QED) is 0.540. The molecule has 0 saturated heterocycles. The SMILES string of the molecule is CC(C)N(C)c1ccc([C@H]2C[C@H]3[C@@H](CC[C@@]3(O)C#CC3CC3)[C@@H]3CCC4=CC(=O)CC[C@@H]4[C@@H]32)cc1. The summed E-state index contributed by atoms with van der Waals surface area (Å²) in [6, 6.07) is 9.74. The fraction of sp³-hybridized carbons (Fsp3) is 0.656. The molecular weight excluding hydrogens is 430 g/mol. The monoisotopic (exact) mass is 471 g/mol. The van der Waals surface area contributed by atoms with Crippen LogP contribution in [0, 0.1) is 47.3 Å². The van der Waals surface area contributed by atoms with Crippen LogP contribution in [0.3, 0.4) is 0 Å². The van der Waals surface area contributed by atoms with Gasteiger partial charge in [0.1, 0.15) is 5.60 Å². The van der Waals surface area contributed by atoms with Crippen LogP contribution in [0.1, 0.15) is 83.1 Å². The van der Waals surface area contributed by atoms with Crippen molar-refractivity contribution in [1.29, 1.82) is 0 Å². The van der Waals surface area contributed by atoms with Gasteiger partial charge in [0.2, 0.25) is 0 Å². The number of allylic oxidation sites excluding steroid dienone is 1. The van der Waals surface area contributed by atoms with Gasteiger partial charge in [0.25, 0.3) is 0 Å². The zero-order valence-electron chi connectivity index (χ0n) is 21.7. The second kappa shape index (κ2) is 8.81. The highest BCUT2D eigenvalue weighted by Crippen LogP contribution is 2.63. The summed E-state index contributed by atoms with van der Waals surface area (Å²) in [6.07, 6.45) is 11.3. The molecule has 3 heteroatoms. The van der Waals surface area contributed by atoms with E-state index in [1.807, 2.05) is 6.08 Å². The van der Waals surface area contributed by atoms with Crippen LogP contribution in [-0.2, 0) is 4.79 Å². The van der Waals surface area contributed by atoms with E-state index in [0.29, 0.717) is 53.8 Å². The fourth-order valence-corrected chi connectivity index (χ4v) is 8.13. The number of benzene rings is 1. The predicted molar refractivity (Wildman–Crippen MR) is 141 cm³/mol. The summed E-state index contributed by atoms with van der Waals surface area (Å²) in [5.41, 5.74) is 3.28. The van der Waals surface area contributed by atoms with Crippen LogP contribution in [0.25, 0.3) is 0 Å². The Morgan fingerprint density at radius 1 is 1.00 bits per heavy atom. The number of carbonyl (C=O) groups excluding carboxylic acids is 1. The molecule has 1 aromatic rings. The molecule has 5 aliphatic rings. The van der Waals surface area contributed by atoms with Crippen LogP contribution >= 0.6 is 0 Å². The van der Waals surface area contributed by atoms with Crippen molar-refractivity contribution in [2.45, 2.75) is 89.2 Å². The van der Waals surface area contributed by atoms with Crippen LogP contribution in [-0.4, -0.2) is 29.6 Å². The third-order valence-corrected chi connectivity index (χ3v) is 10.3. The number of hydrogen-bond acceptors (Lipinski definition) is 3. The van der Waals surface area contributed by atoms with Gasteiger partial charge in [-0.3, -0.25) is 4.79 Å². The first-order valence-electron chi connectivity index (χ1n) is 14.1. The van der Waals surface area contributed by atoms with Gasteiger partial charge >= 0.3 is 0 Å². The van der Waals surface area contributed by atoms with Crippen molar-refractivity contribution >= 4 is 11.5 Å². The lowest BCUT2D eigenvalue weighted by molar-refractivity contribution is -0.116. The summed E-state index contributed by atoms with van der Waals surface area (Å²) in [7, 11) is 2.16. The van der Waals surface area contributed by atoms with Gasteiger partial charge < -0.3 is 10.0 Å². The van der Waals surface area contributed by atoms with E-state index in [-0.39, 0.29) is 5.92 Å². The lowest BCUT2D eigenvalue weighted by atomic mass is 9.51. The Bertz CT molecular complexity index is 1070. The molecule has 0 spiro atoms.